The second-order valence-electron chi connectivity index (χ2n) is 7.87. The predicted octanol–water partition coefficient (Wildman–Crippen LogP) is 3.40. The van der Waals surface area contributed by atoms with Crippen LogP contribution in [-0.4, -0.2) is 65.1 Å². The quantitative estimate of drug-likeness (QED) is 0.823. The van der Waals surface area contributed by atoms with Gasteiger partial charge in [-0.15, -0.1) is 0 Å². The lowest BCUT2D eigenvalue weighted by atomic mass is 10.1. The van der Waals surface area contributed by atoms with Gasteiger partial charge in [0.15, 0.2) is 0 Å². The van der Waals surface area contributed by atoms with Crippen molar-refractivity contribution >= 4 is 17.6 Å². The largest absolute Gasteiger partial charge is 0.373 e. The molecule has 158 valence electrons. The average Bonchev–Trinajstić information content (AvgIpc) is 3.33. The van der Waals surface area contributed by atoms with Crippen molar-refractivity contribution in [2.45, 2.75) is 37.8 Å². The van der Waals surface area contributed by atoms with Gasteiger partial charge < -0.3 is 19.9 Å². The summed E-state index contributed by atoms with van der Waals surface area (Å²) in [6, 6.07) is 13.1. The fourth-order valence-corrected chi connectivity index (χ4v) is 4.23. The molecule has 1 atom stereocenters. The maximum atomic E-state index is 13.2. The first-order chi connectivity index (χ1) is 14.7. The highest BCUT2D eigenvalue weighted by atomic mass is 16.5. The van der Waals surface area contributed by atoms with Gasteiger partial charge in [0.25, 0.3) is 5.91 Å². The third kappa shape index (κ3) is 4.97. The third-order valence-corrected chi connectivity index (χ3v) is 5.79. The van der Waals surface area contributed by atoms with Gasteiger partial charge in [-0.25, -0.2) is 4.79 Å². The Morgan fingerprint density at radius 3 is 2.67 bits per heavy atom. The Morgan fingerprint density at radius 2 is 1.93 bits per heavy atom. The standard InChI is InChI=1S/C23H28N4O3/c28-22(18-7-6-12-24-15-18)27(20-10-4-5-11-20)17-21-16-26(13-14-30-21)23(29)25-19-8-2-1-3-9-19/h1-3,6-9,12,15,20-21H,4-5,10-11,13-14,16-17H2,(H,25,29). The van der Waals surface area contributed by atoms with Crippen LogP contribution in [-0.2, 0) is 4.74 Å². The van der Waals surface area contributed by atoms with E-state index >= 15 is 0 Å². The van der Waals surface area contributed by atoms with E-state index in [0.29, 0.717) is 31.8 Å². The molecule has 1 unspecified atom stereocenters. The summed E-state index contributed by atoms with van der Waals surface area (Å²) >= 11 is 0. The Morgan fingerprint density at radius 1 is 1.13 bits per heavy atom. The number of nitrogens with one attached hydrogen (secondary N) is 1. The van der Waals surface area contributed by atoms with Gasteiger partial charge in [-0.3, -0.25) is 9.78 Å². The Balaban J connectivity index is 1.42. The number of para-hydroxylation sites is 1. The summed E-state index contributed by atoms with van der Waals surface area (Å²) in [5, 5.41) is 2.93. The average molecular weight is 409 g/mol. The van der Waals surface area contributed by atoms with Crippen molar-refractivity contribution in [2.75, 3.05) is 31.6 Å². The van der Waals surface area contributed by atoms with Crippen LogP contribution in [0.25, 0.3) is 0 Å². The predicted molar refractivity (Wildman–Crippen MR) is 114 cm³/mol. The normalized spacial score (nSPS) is 19.5. The molecule has 1 N–H and O–H groups in total. The molecule has 1 aromatic heterocycles. The number of anilines is 1. The minimum atomic E-state index is -0.207. The van der Waals surface area contributed by atoms with Crippen LogP contribution in [0.15, 0.2) is 54.9 Å². The summed E-state index contributed by atoms with van der Waals surface area (Å²) in [6.45, 7) is 1.94. The molecule has 2 aliphatic rings. The second kappa shape index (κ2) is 9.71. The van der Waals surface area contributed by atoms with Crippen molar-refractivity contribution < 1.29 is 14.3 Å². The molecule has 7 nitrogen and oxygen atoms in total. The Hall–Kier alpha value is -2.93. The number of aromatic nitrogens is 1. The van der Waals surface area contributed by atoms with Crippen LogP contribution >= 0.6 is 0 Å². The minimum absolute atomic E-state index is 0.00976. The van der Waals surface area contributed by atoms with E-state index in [1.54, 1.807) is 29.4 Å². The first-order valence-corrected chi connectivity index (χ1v) is 10.6. The minimum Gasteiger partial charge on any atom is -0.373 e. The number of amides is 3. The topological polar surface area (TPSA) is 74.8 Å². The van der Waals surface area contributed by atoms with Gasteiger partial charge in [0.05, 0.1) is 24.8 Å². The number of hydrogen-bond donors (Lipinski definition) is 1. The number of benzene rings is 1. The van der Waals surface area contributed by atoms with Crippen molar-refractivity contribution in [2.24, 2.45) is 0 Å². The maximum Gasteiger partial charge on any atom is 0.322 e. The molecule has 1 aromatic carbocycles. The van der Waals surface area contributed by atoms with Crippen molar-refractivity contribution in [3.8, 4) is 0 Å². The van der Waals surface area contributed by atoms with Crippen LogP contribution in [0, 0.1) is 0 Å². The second-order valence-corrected chi connectivity index (χ2v) is 7.87. The highest BCUT2D eigenvalue weighted by molar-refractivity contribution is 5.94. The number of ether oxygens (including phenoxy) is 1. The molecule has 7 heteroatoms. The molecule has 1 saturated heterocycles. The van der Waals surface area contributed by atoms with Crippen molar-refractivity contribution in [3.05, 3.63) is 60.4 Å². The molecule has 2 heterocycles. The zero-order valence-corrected chi connectivity index (χ0v) is 17.1. The number of morpholine rings is 1. The van der Waals surface area contributed by atoms with Gasteiger partial charge in [-0.1, -0.05) is 31.0 Å². The molecule has 30 heavy (non-hydrogen) atoms. The van der Waals surface area contributed by atoms with E-state index in [9.17, 15) is 9.59 Å². The molecular weight excluding hydrogens is 380 g/mol. The maximum absolute atomic E-state index is 13.2. The molecular formula is C23H28N4O3. The highest BCUT2D eigenvalue weighted by Crippen LogP contribution is 2.26. The van der Waals surface area contributed by atoms with Gasteiger partial charge in [-0.05, 0) is 37.1 Å². The lowest BCUT2D eigenvalue weighted by molar-refractivity contribution is -0.0308. The Labute approximate surface area is 177 Å². The van der Waals surface area contributed by atoms with Crippen LogP contribution in [0.3, 0.4) is 0 Å². The molecule has 4 rings (SSSR count). The zero-order chi connectivity index (χ0) is 20.8. The van der Waals surface area contributed by atoms with Crippen molar-refractivity contribution in [3.63, 3.8) is 0 Å². The van der Waals surface area contributed by atoms with E-state index in [1.807, 2.05) is 35.2 Å². The summed E-state index contributed by atoms with van der Waals surface area (Å²) in [5.74, 6) is -0.00976. The molecule has 1 aliphatic carbocycles. The summed E-state index contributed by atoms with van der Waals surface area (Å²) in [7, 11) is 0. The van der Waals surface area contributed by atoms with E-state index < -0.39 is 0 Å². The van der Waals surface area contributed by atoms with Gasteiger partial charge in [-0.2, -0.15) is 0 Å². The van der Waals surface area contributed by atoms with Crippen LogP contribution < -0.4 is 5.32 Å². The molecule has 1 aliphatic heterocycles. The summed E-state index contributed by atoms with van der Waals surface area (Å²) in [6.07, 6.45) is 7.38. The number of hydrogen-bond acceptors (Lipinski definition) is 4. The summed E-state index contributed by atoms with van der Waals surface area (Å²) < 4.78 is 5.95. The van der Waals surface area contributed by atoms with E-state index in [4.69, 9.17) is 4.74 Å². The number of carbonyl (C=O) groups excluding carboxylic acids is 2. The van der Waals surface area contributed by atoms with E-state index in [0.717, 1.165) is 31.4 Å². The third-order valence-electron chi connectivity index (χ3n) is 5.79. The number of carbonyl (C=O) groups is 2. The molecule has 2 fully saturated rings. The summed E-state index contributed by atoms with van der Waals surface area (Å²) in [4.78, 5) is 33.7. The Kier molecular flexibility index (Phi) is 6.59. The fraction of sp³-hybridized carbons (Fsp3) is 0.435. The first-order valence-electron chi connectivity index (χ1n) is 10.6. The lowest BCUT2D eigenvalue weighted by Crippen LogP contribution is -2.53. The molecule has 0 radical (unpaired) electrons. The number of urea groups is 1. The van der Waals surface area contributed by atoms with E-state index in [2.05, 4.69) is 10.3 Å². The first kappa shape index (κ1) is 20.3. The molecule has 3 amide bonds. The van der Waals surface area contributed by atoms with Gasteiger partial charge in [0.1, 0.15) is 0 Å². The molecule has 2 aromatic rings. The lowest BCUT2D eigenvalue weighted by Gasteiger charge is -2.37. The van der Waals surface area contributed by atoms with E-state index in [1.165, 1.54) is 0 Å². The zero-order valence-electron chi connectivity index (χ0n) is 17.1. The Bertz CT molecular complexity index is 840. The smallest absolute Gasteiger partial charge is 0.322 e. The summed E-state index contributed by atoms with van der Waals surface area (Å²) in [5.41, 5.74) is 1.36. The highest BCUT2D eigenvalue weighted by Gasteiger charge is 2.32. The van der Waals surface area contributed by atoms with Gasteiger partial charge in [0, 0.05) is 37.2 Å². The number of pyridine rings is 1. The number of nitrogens with zero attached hydrogens (tertiary/aromatic N) is 3. The number of rotatable bonds is 5. The van der Waals surface area contributed by atoms with E-state index in [-0.39, 0.29) is 24.1 Å². The van der Waals surface area contributed by atoms with Crippen LogP contribution in [0.5, 0.6) is 0 Å². The van der Waals surface area contributed by atoms with Crippen LogP contribution in [0.4, 0.5) is 10.5 Å². The molecule has 0 spiro atoms. The SMILES string of the molecule is O=C(Nc1ccccc1)N1CCOC(CN(C(=O)c2cccnc2)C2CCCC2)C1. The van der Waals surface area contributed by atoms with Crippen molar-refractivity contribution in [1.29, 1.82) is 0 Å². The monoisotopic (exact) mass is 408 g/mol. The molecule has 0 bridgehead atoms. The fourth-order valence-electron chi connectivity index (χ4n) is 4.23. The van der Waals surface area contributed by atoms with Crippen LogP contribution in [0.1, 0.15) is 36.0 Å². The van der Waals surface area contributed by atoms with Gasteiger partial charge >= 0.3 is 6.03 Å². The molecule has 1 saturated carbocycles. The van der Waals surface area contributed by atoms with Crippen molar-refractivity contribution in [1.82, 2.24) is 14.8 Å². The van der Waals surface area contributed by atoms with Crippen LogP contribution in [0.2, 0.25) is 0 Å². The van der Waals surface area contributed by atoms with Gasteiger partial charge in [0.2, 0.25) is 0 Å².